The molecule has 0 spiro atoms. The van der Waals surface area contributed by atoms with Crippen LogP contribution in [0.25, 0.3) is 0 Å². The van der Waals surface area contributed by atoms with E-state index in [-0.39, 0.29) is 5.92 Å². The van der Waals surface area contributed by atoms with Crippen molar-refractivity contribution < 1.29 is 9.59 Å². The minimum atomic E-state index is -0.0287. The second kappa shape index (κ2) is 7.45. The molecule has 0 aliphatic rings. The number of hydrogen-bond donors (Lipinski definition) is 0. The standard InChI is InChI=1S/C9H16O2/c1-2-3-4-5-9(8-11)6-7-10/h7-9H,2-6H2,1H3/t9-/m0/s1. The van der Waals surface area contributed by atoms with Gasteiger partial charge >= 0.3 is 0 Å². The molecule has 0 N–H and O–H groups in total. The van der Waals surface area contributed by atoms with Crippen LogP contribution in [0.1, 0.15) is 39.0 Å². The molecule has 0 bridgehead atoms. The predicted molar refractivity (Wildman–Crippen MR) is 44.4 cm³/mol. The lowest BCUT2D eigenvalue weighted by Crippen LogP contribution is -2.02. The van der Waals surface area contributed by atoms with E-state index in [0.29, 0.717) is 6.42 Å². The Labute approximate surface area is 68.0 Å². The maximum atomic E-state index is 10.3. The molecule has 0 unspecified atom stereocenters. The molecule has 0 saturated carbocycles. The summed E-state index contributed by atoms with van der Waals surface area (Å²) >= 11 is 0. The first-order valence-corrected chi connectivity index (χ1v) is 4.24. The molecule has 0 heterocycles. The van der Waals surface area contributed by atoms with Crippen molar-refractivity contribution in [2.24, 2.45) is 5.92 Å². The van der Waals surface area contributed by atoms with Crippen LogP contribution in [0.5, 0.6) is 0 Å². The number of carbonyl (C=O) groups excluding carboxylic acids is 2. The van der Waals surface area contributed by atoms with E-state index in [0.717, 1.165) is 38.3 Å². The third-order valence-corrected chi connectivity index (χ3v) is 1.77. The SMILES string of the molecule is CCCCC[C@H](C=O)CC=O. The van der Waals surface area contributed by atoms with Gasteiger partial charge < -0.3 is 9.59 Å². The Morgan fingerprint density at radius 2 is 2.00 bits per heavy atom. The molecule has 0 saturated heterocycles. The fourth-order valence-corrected chi connectivity index (χ4v) is 1.02. The van der Waals surface area contributed by atoms with Gasteiger partial charge in [0, 0.05) is 12.3 Å². The van der Waals surface area contributed by atoms with Gasteiger partial charge in [0.15, 0.2) is 0 Å². The molecule has 0 aliphatic heterocycles. The average molecular weight is 156 g/mol. The van der Waals surface area contributed by atoms with E-state index >= 15 is 0 Å². The van der Waals surface area contributed by atoms with Crippen LogP contribution < -0.4 is 0 Å². The maximum absolute atomic E-state index is 10.3. The zero-order valence-electron chi connectivity index (χ0n) is 7.08. The van der Waals surface area contributed by atoms with Crippen LogP contribution in [0.4, 0.5) is 0 Å². The van der Waals surface area contributed by atoms with Crippen molar-refractivity contribution in [3.8, 4) is 0 Å². The minimum absolute atomic E-state index is 0.0287. The van der Waals surface area contributed by atoms with E-state index in [1.54, 1.807) is 0 Å². The van der Waals surface area contributed by atoms with Crippen LogP contribution in [0, 0.1) is 5.92 Å². The third kappa shape index (κ3) is 5.77. The second-order valence-electron chi connectivity index (χ2n) is 2.79. The molecular formula is C9H16O2. The lowest BCUT2D eigenvalue weighted by Gasteiger charge is -2.03. The molecule has 0 aromatic rings. The first-order chi connectivity index (χ1) is 5.35. The van der Waals surface area contributed by atoms with Gasteiger partial charge in [0.05, 0.1) is 0 Å². The number of hydrogen-bond acceptors (Lipinski definition) is 2. The largest absolute Gasteiger partial charge is 0.303 e. The van der Waals surface area contributed by atoms with Crippen LogP contribution in [-0.4, -0.2) is 12.6 Å². The number of unbranched alkanes of at least 4 members (excludes halogenated alkanes) is 2. The van der Waals surface area contributed by atoms with Gasteiger partial charge in [-0.05, 0) is 6.42 Å². The van der Waals surface area contributed by atoms with Gasteiger partial charge in [-0.2, -0.15) is 0 Å². The van der Waals surface area contributed by atoms with Gasteiger partial charge in [0.2, 0.25) is 0 Å². The molecule has 64 valence electrons. The fraction of sp³-hybridized carbons (Fsp3) is 0.778. The maximum Gasteiger partial charge on any atom is 0.123 e. The molecule has 0 fully saturated rings. The first-order valence-electron chi connectivity index (χ1n) is 4.24. The summed E-state index contributed by atoms with van der Waals surface area (Å²) in [5.74, 6) is -0.0287. The molecule has 0 rings (SSSR count). The van der Waals surface area contributed by atoms with Crippen LogP contribution in [0.2, 0.25) is 0 Å². The highest BCUT2D eigenvalue weighted by Crippen LogP contribution is 2.09. The minimum Gasteiger partial charge on any atom is -0.303 e. The highest BCUT2D eigenvalue weighted by molar-refractivity contribution is 5.61. The summed E-state index contributed by atoms with van der Waals surface area (Å²) in [5, 5.41) is 0. The second-order valence-corrected chi connectivity index (χ2v) is 2.79. The molecular weight excluding hydrogens is 140 g/mol. The topological polar surface area (TPSA) is 34.1 Å². The molecule has 11 heavy (non-hydrogen) atoms. The summed E-state index contributed by atoms with van der Waals surface area (Å²) in [4.78, 5) is 20.4. The van der Waals surface area contributed by atoms with Crippen molar-refractivity contribution in [2.45, 2.75) is 39.0 Å². The summed E-state index contributed by atoms with van der Waals surface area (Å²) in [5.41, 5.74) is 0. The summed E-state index contributed by atoms with van der Waals surface area (Å²) in [6.07, 6.45) is 6.36. The van der Waals surface area contributed by atoms with Gasteiger partial charge in [0.25, 0.3) is 0 Å². The van der Waals surface area contributed by atoms with Crippen LogP contribution in [-0.2, 0) is 9.59 Å². The van der Waals surface area contributed by atoms with Crippen molar-refractivity contribution in [3.05, 3.63) is 0 Å². The van der Waals surface area contributed by atoms with Gasteiger partial charge in [-0.25, -0.2) is 0 Å². The lowest BCUT2D eigenvalue weighted by molar-refractivity contribution is -0.115. The molecule has 0 aromatic carbocycles. The summed E-state index contributed by atoms with van der Waals surface area (Å²) in [7, 11) is 0. The van der Waals surface area contributed by atoms with Crippen LogP contribution in [0.15, 0.2) is 0 Å². The van der Waals surface area contributed by atoms with E-state index < -0.39 is 0 Å². The number of carbonyl (C=O) groups is 2. The molecule has 2 nitrogen and oxygen atoms in total. The Morgan fingerprint density at radius 3 is 2.45 bits per heavy atom. The third-order valence-electron chi connectivity index (χ3n) is 1.77. The molecule has 0 radical (unpaired) electrons. The Hall–Kier alpha value is -0.660. The molecule has 0 aromatic heterocycles. The van der Waals surface area contributed by atoms with Gasteiger partial charge in [-0.1, -0.05) is 26.2 Å². The monoisotopic (exact) mass is 156 g/mol. The molecule has 0 aliphatic carbocycles. The van der Waals surface area contributed by atoms with Crippen molar-refractivity contribution in [3.63, 3.8) is 0 Å². The molecule has 1 atom stereocenters. The average Bonchev–Trinajstić information content (AvgIpc) is 2.03. The highest BCUT2D eigenvalue weighted by Gasteiger charge is 2.04. The van der Waals surface area contributed by atoms with Gasteiger partial charge in [0.1, 0.15) is 12.6 Å². The van der Waals surface area contributed by atoms with Crippen molar-refractivity contribution in [1.82, 2.24) is 0 Å². The normalized spacial score (nSPS) is 12.5. The smallest absolute Gasteiger partial charge is 0.123 e. The van der Waals surface area contributed by atoms with Crippen LogP contribution >= 0.6 is 0 Å². The Balaban J connectivity index is 3.35. The van der Waals surface area contributed by atoms with E-state index in [1.165, 1.54) is 0 Å². The summed E-state index contributed by atoms with van der Waals surface area (Å²) in [6.45, 7) is 2.12. The van der Waals surface area contributed by atoms with E-state index in [4.69, 9.17) is 0 Å². The first kappa shape index (κ1) is 10.3. The lowest BCUT2D eigenvalue weighted by atomic mass is 10.0. The fourth-order valence-electron chi connectivity index (χ4n) is 1.02. The van der Waals surface area contributed by atoms with E-state index in [1.807, 2.05) is 0 Å². The predicted octanol–water partition coefficient (Wildman–Crippen LogP) is 1.97. The zero-order valence-corrected chi connectivity index (χ0v) is 7.08. The highest BCUT2D eigenvalue weighted by atomic mass is 16.1. The zero-order chi connectivity index (χ0) is 8.53. The molecule has 0 amide bonds. The molecule has 2 heteroatoms. The summed E-state index contributed by atoms with van der Waals surface area (Å²) < 4.78 is 0. The van der Waals surface area contributed by atoms with Crippen LogP contribution in [0.3, 0.4) is 0 Å². The van der Waals surface area contributed by atoms with Crippen molar-refractivity contribution in [2.75, 3.05) is 0 Å². The summed E-state index contributed by atoms with van der Waals surface area (Å²) in [6, 6.07) is 0. The Kier molecular flexibility index (Phi) is 7.00. The van der Waals surface area contributed by atoms with Crippen molar-refractivity contribution in [1.29, 1.82) is 0 Å². The quantitative estimate of drug-likeness (QED) is 0.417. The Bertz CT molecular complexity index is 110. The van der Waals surface area contributed by atoms with Gasteiger partial charge in [-0.3, -0.25) is 0 Å². The van der Waals surface area contributed by atoms with E-state index in [2.05, 4.69) is 6.92 Å². The number of rotatable bonds is 7. The Morgan fingerprint density at radius 1 is 1.27 bits per heavy atom. The van der Waals surface area contributed by atoms with Crippen molar-refractivity contribution >= 4 is 12.6 Å². The van der Waals surface area contributed by atoms with E-state index in [9.17, 15) is 9.59 Å². The van der Waals surface area contributed by atoms with Gasteiger partial charge in [-0.15, -0.1) is 0 Å². The number of aldehydes is 2.